The summed E-state index contributed by atoms with van der Waals surface area (Å²) in [5.41, 5.74) is 2.80. The Morgan fingerprint density at radius 1 is 1.31 bits per heavy atom. The summed E-state index contributed by atoms with van der Waals surface area (Å²) in [5.74, 6) is -0.310. The van der Waals surface area contributed by atoms with Crippen LogP contribution in [0.15, 0.2) is 41.5 Å². The van der Waals surface area contributed by atoms with Gasteiger partial charge < -0.3 is 10.1 Å². The molecule has 1 N–H and O–H groups in total. The molecule has 1 fully saturated rings. The van der Waals surface area contributed by atoms with Crippen molar-refractivity contribution < 1.29 is 13.9 Å². The van der Waals surface area contributed by atoms with E-state index in [1.54, 1.807) is 0 Å². The molecule has 160 valence electrons. The summed E-state index contributed by atoms with van der Waals surface area (Å²) in [6.07, 6.45) is 8.44. The zero-order valence-electron chi connectivity index (χ0n) is 18.3. The summed E-state index contributed by atoms with van der Waals surface area (Å²) < 4.78 is 19.6. The van der Waals surface area contributed by atoms with Crippen molar-refractivity contribution in [3.63, 3.8) is 0 Å². The predicted molar refractivity (Wildman–Crippen MR) is 117 cm³/mol. The van der Waals surface area contributed by atoms with Crippen molar-refractivity contribution in [1.29, 1.82) is 0 Å². The van der Waals surface area contributed by atoms with Crippen LogP contribution < -0.4 is 10.1 Å². The lowest BCUT2D eigenvalue weighted by Crippen LogP contribution is -2.40. The topological polar surface area (TPSA) is 41.6 Å². The quantitative estimate of drug-likeness (QED) is 0.553. The average molecular weight is 403 g/mol. The second kappa shape index (κ2) is 11.8. The second-order valence-electron chi connectivity index (χ2n) is 7.96. The molecule has 1 amide bonds. The number of nitrogens with one attached hydrogen (secondary N) is 1. The number of ether oxygens (including phenoxy) is 1. The van der Waals surface area contributed by atoms with Crippen LogP contribution in [0.3, 0.4) is 0 Å². The van der Waals surface area contributed by atoms with Crippen molar-refractivity contribution in [3.05, 3.63) is 52.9 Å². The first kappa shape index (κ1) is 23.1. The number of nitrogens with zero attached hydrogens (tertiary/aromatic N) is 1. The number of likely N-dealkylation sites (tertiary alicyclic amines) is 1. The van der Waals surface area contributed by atoms with Gasteiger partial charge in [0.25, 0.3) is 5.91 Å². The molecule has 1 aromatic carbocycles. The molecule has 0 radical (unpaired) electrons. The average Bonchev–Trinajstić information content (AvgIpc) is 3.14. The molecule has 0 bridgehead atoms. The van der Waals surface area contributed by atoms with Crippen LogP contribution in [0.5, 0.6) is 5.75 Å². The highest BCUT2D eigenvalue weighted by molar-refractivity contribution is 5.97. The molecule has 0 spiro atoms. The summed E-state index contributed by atoms with van der Waals surface area (Å²) in [6.45, 7) is 11.4. The van der Waals surface area contributed by atoms with Crippen LogP contribution in [0.25, 0.3) is 0 Å². The van der Waals surface area contributed by atoms with Gasteiger partial charge in [-0.15, -0.1) is 0 Å². The van der Waals surface area contributed by atoms with E-state index < -0.39 is 5.82 Å². The van der Waals surface area contributed by atoms with Crippen LogP contribution in [-0.2, 0) is 0 Å². The highest BCUT2D eigenvalue weighted by Crippen LogP contribution is 2.21. The Kier molecular flexibility index (Phi) is 9.39. The lowest BCUT2D eigenvalue weighted by Gasteiger charge is -2.23. The van der Waals surface area contributed by atoms with Crippen LogP contribution in [0.2, 0.25) is 0 Å². The molecular weight excluding hydrogens is 367 g/mol. The van der Waals surface area contributed by atoms with Crippen molar-refractivity contribution in [2.24, 2.45) is 0 Å². The molecule has 1 aromatic rings. The van der Waals surface area contributed by atoms with Gasteiger partial charge in [0.2, 0.25) is 0 Å². The first-order chi connectivity index (χ1) is 13.9. The van der Waals surface area contributed by atoms with E-state index in [4.69, 9.17) is 4.74 Å². The second-order valence-corrected chi connectivity index (χ2v) is 7.96. The molecule has 1 aliphatic rings. The summed E-state index contributed by atoms with van der Waals surface area (Å²) >= 11 is 0. The Morgan fingerprint density at radius 3 is 2.83 bits per heavy atom. The van der Waals surface area contributed by atoms with Crippen LogP contribution >= 0.6 is 0 Å². The maximum Gasteiger partial charge on any atom is 0.255 e. The number of halogens is 1. The molecule has 5 heteroatoms. The molecule has 1 atom stereocenters. The number of allylic oxidation sites excluding steroid dienone is 3. The Labute approximate surface area is 174 Å². The Balaban J connectivity index is 1.94. The van der Waals surface area contributed by atoms with E-state index in [0.717, 1.165) is 38.8 Å². The minimum Gasteiger partial charge on any atom is -0.489 e. The Morgan fingerprint density at radius 2 is 2.10 bits per heavy atom. The molecule has 0 aromatic heterocycles. The monoisotopic (exact) mass is 402 g/mol. The van der Waals surface area contributed by atoms with E-state index in [9.17, 15) is 9.18 Å². The highest BCUT2D eigenvalue weighted by Gasteiger charge is 2.24. The van der Waals surface area contributed by atoms with E-state index in [2.05, 4.69) is 44.0 Å². The van der Waals surface area contributed by atoms with Gasteiger partial charge in [0, 0.05) is 12.6 Å². The summed E-state index contributed by atoms with van der Waals surface area (Å²) in [7, 11) is 0. The fourth-order valence-corrected chi connectivity index (χ4v) is 3.62. The Bertz CT molecular complexity index is 738. The van der Waals surface area contributed by atoms with Crippen molar-refractivity contribution in [3.8, 4) is 5.75 Å². The molecule has 1 heterocycles. The third kappa shape index (κ3) is 7.65. The van der Waals surface area contributed by atoms with E-state index in [-0.39, 0.29) is 11.5 Å². The number of likely N-dealkylation sites (N-methyl/N-ethyl adjacent to an activating group) is 1. The SMILES string of the molecule is CCN1CCCC1CNC(=O)c1cc(F)ccc1OCC=C(C)CCC=C(C)C. The molecule has 0 saturated carbocycles. The Hall–Kier alpha value is -2.14. The maximum atomic E-state index is 13.8. The van der Waals surface area contributed by atoms with E-state index in [1.165, 1.54) is 29.3 Å². The van der Waals surface area contributed by atoms with Gasteiger partial charge in [-0.1, -0.05) is 24.1 Å². The predicted octanol–water partition coefficient (Wildman–Crippen LogP) is 5.11. The molecule has 4 nitrogen and oxygen atoms in total. The van der Waals surface area contributed by atoms with Crippen LogP contribution in [0.1, 0.15) is 63.7 Å². The van der Waals surface area contributed by atoms with Crippen molar-refractivity contribution in [1.82, 2.24) is 10.2 Å². The molecule has 0 aliphatic carbocycles. The number of carbonyl (C=O) groups excluding carboxylic acids is 1. The van der Waals surface area contributed by atoms with Crippen molar-refractivity contribution >= 4 is 5.91 Å². The first-order valence-electron chi connectivity index (χ1n) is 10.6. The fourth-order valence-electron chi connectivity index (χ4n) is 3.62. The number of hydrogen-bond acceptors (Lipinski definition) is 3. The van der Waals surface area contributed by atoms with Crippen molar-refractivity contribution in [2.45, 2.75) is 59.4 Å². The number of amides is 1. The van der Waals surface area contributed by atoms with Crippen molar-refractivity contribution in [2.75, 3.05) is 26.2 Å². The van der Waals surface area contributed by atoms with Gasteiger partial charge in [-0.2, -0.15) is 0 Å². The van der Waals surface area contributed by atoms with Gasteiger partial charge in [0.1, 0.15) is 18.2 Å². The molecule has 2 rings (SSSR count). The van der Waals surface area contributed by atoms with Crippen LogP contribution in [-0.4, -0.2) is 43.1 Å². The van der Waals surface area contributed by atoms with Crippen LogP contribution in [0.4, 0.5) is 4.39 Å². The lowest BCUT2D eigenvalue weighted by molar-refractivity contribution is 0.0937. The highest BCUT2D eigenvalue weighted by atomic mass is 19.1. The minimum absolute atomic E-state index is 0.252. The minimum atomic E-state index is -0.438. The number of rotatable bonds is 10. The van der Waals surface area contributed by atoms with E-state index in [1.807, 2.05) is 6.08 Å². The van der Waals surface area contributed by atoms with E-state index >= 15 is 0 Å². The number of hydrogen-bond donors (Lipinski definition) is 1. The van der Waals surface area contributed by atoms with Gasteiger partial charge in [0.15, 0.2) is 0 Å². The summed E-state index contributed by atoms with van der Waals surface area (Å²) in [4.78, 5) is 15.0. The zero-order chi connectivity index (χ0) is 21.2. The summed E-state index contributed by atoms with van der Waals surface area (Å²) in [5, 5.41) is 2.96. The number of carbonyl (C=O) groups is 1. The lowest BCUT2D eigenvalue weighted by atomic mass is 10.1. The smallest absolute Gasteiger partial charge is 0.255 e. The molecule has 1 aliphatic heterocycles. The zero-order valence-corrected chi connectivity index (χ0v) is 18.3. The first-order valence-corrected chi connectivity index (χ1v) is 10.6. The van der Waals surface area contributed by atoms with Gasteiger partial charge >= 0.3 is 0 Å². The van der Waals surface area contributed by atoms with Crippen LogP contribution in [0, 0.1) is 5.82 Å². The third-order valence-electron chi connectivity index (χ3n) is 5.35. The van der Waals surface area contributed by atoms with Gasteiger partial charge in [-0.3, -0.25) is 9.69 Å². The number of benzene rings is 1. The van der Waals surface area contributed by atoms with E-state index in [0.29, 0.717) is 24.9 Å². The standard InChI is InChI=1S/C24H35FN2O2/c1-5-27-14-7-10-21(27)17-26-24(28)22-16-20(25)11-12-23(22)29-15-13-19(4)9-6-8-18(2)3/h8,11-13,16,21H,5-7,9-10,14-15,17H2,1-4H3,(H,26,28). The van der Waals surface area contributed by atoms with Gasteiger partial charge in [-0.05, 0) is 83.8 Å². The largest absolute Gasteiger partial charge is 0.489 e. The third-order valence-corrected chi connectivity index (χ3v) is 5.35. The molecule has 1 unspecified atom stereocenters. The normalized spacial score (nSPS) is 17.3. The fraction of sp³-hybridized carbons (Fsp3) is 0.542. The summed E-state index contributed by atoms with van der Waals surface area (Å²) in [6, 6.07) is 4.47. The maximum absolute atomic E-state index is 13.8. The molecular formula is C24H35FN2O2. The van der Waals surface area contributed by atoms with Gasteiger partial charge in [0.05, 0.1) is 5.56 Å². The molecule has 29 heavy (non-hydrogen) atoms. The molecule has 1 saturated heterocycles. The van der Waals surface area contributed by atoms with Gasteiger partial charge in [-0.25, -0.2) is 4.39 Å².